The molecule has 0 amide bonds. The van der Waals surface area contributed by atoms with Crippen molar-refractivity contribution in [3.8, 4) is 5.75 Å². The van der Waals surface area contributed by atoms with Gasteiger partial charge in [-0.3, -0.25) is 0 Å². The van der Waals surface area contributed by atoms with E-state index in [0.717, 1.165) is 11.1 Å². The first-order chi connectivity index (χ1) is 9.54. The van der Waals surface area contributed by atoms with E-state index in [1.165, 1.54) is 11.6 Å². The van der Waals surface area contributed by atoms with E-state index in [1.807, 2.05) is 44.2 Å². The van der Waals surface area contributed by atoms with Gasteiger partial charge in [0.2, 0.25) is 0 Å². The maximum atomic E-state index is 13.9. The molecule has 106 valence electrons. The van der Waals surface area contributed by atoms with Crippen LogP contribution < -0.4 is 10.5 Å². The molecule has 0 saturated heterocycles. The fourth-order valence-electron chi connectivity index (χ4n) is 2.01. The highest BCUT2D eigenvalue weighted by molar-refractivity contribution is 5.30. The Morgan fingerprint density at radius 3 is 2.35 bits per heavy atom. The van der Waals surface area contributed by atoms with Crippen molar-refractivity contribution in [1.29, 1.82) is 0 Å². The molecular formula is C17H20FNO. The van der Waals surface area contributed by atoms with Crippen molar-refractivity contribution in [3.63, 3.8) is 0 Å². The third-order valence-electron chi connectivity index (χ3n) is 3.07. The molecule has 0 radical (unpaired) electrons. The Balaban J connectivity index is 2.01. The number of halogens is 1. The molecule has 2 nitrogen and oxygen atoms in total. The third-order valence-corrected chi connectivity index (χ3v) is 3.07. The smallest absolute Gasteiger partial charge is 0.165 e. The second kappa shape index (κ2) is 6.53. The van der Waals surface area contributed by atoms with Gasteiger partial charge in [-0.05, 0) is 43.5 Å². The number of hydrogen-bond acceptors (Lipinski definition) is 2. The molecule has 0 aliphatic heterocycles. The van der Waals surface area contributed by atoms with Gasteiger partial charge in [0.1, 0.15) is 6.61 Å². The van der Waals surface area contributed by atoms with Crippen LogP contribution in [-0.2, 0) is 13.0 Å². The molecule has 0 spiro atoms. The van der Waals surface area contributed by atoms with Crippen LogP contribution in [0.5, 0.6) is 5.75 Å². The lowest BCUT2D eigenvalue weighted by molar-refractivity contribution is 0.290. The second-order valence-corrected chi connectivity index (χ2v) is 5.22. The van der Waals surface area contributed by atoms with Crippen molar-refractivity contribution < 1.29 is 9.13 Å². The Labute approximate surface area is 119 Å². The second-order valence-electron chi connectivity index (χ2n) is 5.22. The van der Waals surface area contributed by atoms with Gasteiger partial charge in [0.15, 0.2) is 11.6 Å². The Hall–Kier alpha value is -1.87. The van der Waals surface area contributed by atoms with Gasteiger partial charge in [0, 0.05) is 6.04 Å². The molecule has 3 heteroatoms. The maximum Gasteiger partial charge on any atom is 0.165 e. The van der Waals surface area contributed by atoms with E-state index in [0.29, 0.717) is 13.0 Å². The van der Waals surface area contributed by atoms with Gasteiger partial charge < -0.3 is 10.5 Å². The van der Waals surface area contributed by atoms with Crippen molar-refractivity contribution in [2.75, 3.05) is 0 Å². The van der Waals surface area contributed by atoms with Gasteiger partial charge in [-0.2, -0.15) is 0 Å². The first-order valence-electron chi connectivity index (χ1n) is 6.77. The lowest BCUT2D eigenvalue weighted by Gasteiger charge is -2.10. The Morgan fingerprint density at radius 2 is 1.75 bits per heavy atom. The van der Waals surface area contributed by atoms with E-state index in [9.17, 15) is 4.39 Å². The largest absolute Gasteiger partial charge is 0.486 e. The summed E-state index contributed by atoms with van der Waals surface area (Å²) >= 11 is 0. The number of aryl methyl sites for hydroxylation is 1. The minimum Gasteiger partial charge on any atom is -0.486 e. The number of nitrogens with two attached hydrogens (primary N) is 1. The molecule has 0 saturated carbocycles. The monoisotopic (exact) mass is 273 g/mol. The fraction of sp³-hybridized carbons (Fsp3) is 0.294. The molecule has 1 atom stereocenters. The molecule has 2 aromatic rings. The molecule has 2 rings (SSSR count). The van der Waals surface area contributed by atoms with E-state index >= 15 is 0 Å². The lowest BCUT2D eigenvalue weighted by atomic mass is 10.1. The van der Waals surface area contributed by atoms with E-state index in [-0.39, 0.29) is 17.6 Å². The highest BCUT2D eigenvalue weighted by Crippen LogP contribution is 2.20. The first-order valence-corrected chi connectivity index (χ1v) is 6.77. The van der Waals surface area contributed by atoms with Crippen molar-refractivity contribution >= 4 is 0 Å². The normalized spacial score (nSPS) is 12.2. The van der Waals surface area contributed by atoms with Crippen LogP contribution in [0.2, 0.25) is 0 Å². The number of ether oxygens (including phenoxy) is 1. The van der Waals surface area contributed by atoms with E-state index in [2.05, 4.69) is 0 Å². The van der Waals surface area contributed by atoms with Crippen LogP contribution >= 0.6 is 0 Å². The molecule has 0 heterocycles. The predicted molar refractivity (Wildman–Crippen MR) is 79.3 cm³/mol. The topological polar surface area (TPSA) is 35.2 Å². The molecular weight excluding hydrogens is 253 g/mol. The van der Waals surface area contributed by atoms with Gasteiger partial charge in [-0.25, -0.2) is 4.39 Å². The maximum absolute atomic E-state index is 13.9. The average Bonchev–Trinajstić information content (AvgIpc) is 2.39. The van der Waals surface area contributed by atoms with Crippen molar-refractivity contribution in [3.05, 3.63) is 65.0 Å². The van der Waals surface area contributed by atoms with Crippen molar-refractivity contribution in [2.45, 2.75) is 32.9 Å². The summed E-state index contributed by atoms with van der Waals surface area (Å²) in [6, 6.07) is 13.0. The zero-order chi connectivity index (χ0) is 14.5. The fourth-order valence-corrected chi connectivity index (χ4v) is 2.01. The Morgan fingerprint density at radius 1 is 1.10 bits per heavy atom. The van der Waals surface area contributed by atoms with Crippen LogP contribution in [0.3, 0.4) is 0 Å². The summed E-state index contributed by atoms with van der Waals surface area (Å²) in [4.78, 5) is 0. The minimum absolute atomic E-state index is 0.0220. The van der Waals surface area contributed by atoms with Gasteiger partial charge in [0.05, 0.1) is 0 Å². The summed E-state index contributed by atoms with van der Waals surface area (Å²) in [5, 5.41) is 0. The molecule has 0 aromatic heterocycles. The molecule has 0 aliphatic carbocycles. The number of benzene rings is 2. The van der Waals surface area contributed by atoms with Crippen LogP contribution in [-0.4, -0.2) is 6.04 Å². The van der Waals surface area contributed by atoms with Crippen LogP contribution in [0.4, 0.5) is 4.39 Å². The van der Waals surface area contributed by atoms with E-state index in [4.69, 9.17) is 10.5 Å². The quantitative estimate of drug-likeness (QED) is 0.903. The Bertz CT molecular complexity index is 564. The molecule has 20 heavy (non-hydrogen) atoms. The number of hydrogen-bond donors (Lipinski definition) is 1. The van der Waals surface area contributed by atoms with E-state index in [1.54, 1.807) is 6.07 Å². The zero-order valence-corrected chi connectivity index (χ0v) is 11.9. The van der Waals surface area contributed by atoms with Crippen LogP contribution in [0.1, 0.15) is 23.6 Å². The van der Waals surface area contributed by atoms with Crippen molar-refractivity contribution in [1.82, 2.24) is 0 Å². The van der Waals surface area contributed by atoms with Crippen LogP contribution in [0, 0.1) is 12.7 Å². The molecule has 1 unspecified atom stereocenters. The SMILES string of the molecule is Cc1ccc(COc2ccc(CC(C)N)cc2F)cc1. The summed E-state index contributed by atoms with van der Waals surface area (Å²) in [5.41, 5.74) is 8.81. The highest BCUT2D eigenvalue weighted by Gasteiger charge is 2.06. The van der Waals surface area contributed by atoms with Crippen molar-refractivity contribution in [2.24, 2.45) is 5.73 Å². The molecule has 0 fully saturated rings. The molecule has 2 N–H and O–H groups in total. The predicted octanol–water partition coefficient (Wildman–Crippen LogP) is 3.60. The average molecular weight is 273 g/mol. The minimum atomic E-state index is -0.338. The molecule has 2 aromatic carbocycles. The summed E-state index contributed by atoms with van der Waals surface area (Å²) in [7, 11) is 0. The van der Waals surface area contributed by atoms with Crippen LogP contribution in [0.25, 0.3) is 0 Å². The molecule has 0 bridgehead atoms. The summed E-state index contributed by atoms with van der Waals surface area (Å²) < 4.78 is 19.4. The summed E-state index contributed by atoms with van der Waals surface area (Å²) in [6.45, 7) is 4.30. The van der Waals surface area contributed by atoms with Gasteiger partial charge in [-0.15, -0.1) is 0 Å². The summed E-state index contributed by atoms with van der Waals surface area (Å²) in [5.74, 6) is -0.0609. The van der Waals surface area contributed by atoms with E-state index < -0.39 is 0 Å². The molecule has 0 aliphatic rings. The van der Waals surface area contributed by atoms with Gasteiger partial charge in [-0.1, -0.05) is 35.9 Å². The third kappa shape index (κ3) is 4.07. The lowest BCUT2D eigenvalue weighted by Crippen LogP contribution is -2.17. The first kappa shape index (κ1) is 14.5. The summed E-state index contributed by atoms with van der Waals surface area (Å²) in [6.07, 6.45) is 0.662. The van der Waals surface area contributed by atoms with Gasteiger partial charge >= 0.3 is 0 Å². The standard InChI is InChI=1S/C17H20FNO/c1-12-3-5-14(6-4-12)11-20-17-8-7-15(9-13(2)19)10-16(17)18/h3-8,10,13H,9,11,19H2,1-2H3. The van der Waals surface area contributed by atoms with Crippen LogP contribution in [0.15, 0.2) is 42.5 Å². The Kier molecular flexibility index (Phi) is 4.74. The number of rotatable bonds is 5. The highest BCUT2D eigenvalue weighted by atomic mass is 19.1. The van der Waals surface area contributed by atoms with Gasteiger partial charge in [0.25, 0.3) is 0 Å². The zero-order valence-electron chi connectivity index (χ0n) is 11.9.